The second-order valence-electron chi connectivity index (χ2n) is 4.66. The highest BCUT2D eigenvalue weighted by Crippen LogP contribution is 2.28. The van der Waals surface area contributed by atoms with Crippen molar-refractivity contribution in [3.63, 3.8) is 0 Å². The van der Waals surface area contributed by atoms with Gasteiger partial charge in [-0.3, -0.25) is 4.79 Å². The first-order valence-electron chi connectivity index (χ1n) is 6.02. The van der Waals surface area contributed by atoms with E-state index in [9.17, 15) is 9.90 Å². The molecule has 2 aliphatic rings. The second kappa shape index (κ2) is 7.16. The molecule has 0 aromatic rings. The number of amides is 1. The van der Waals surface area contributed by atoms with Crippen LogP contribution in [-0.2, 0) is 9.53 Å². The summed E-state index contributed by atoms with van der Waals surface area (Å²) in [6.07, 6.45) is 2.70. The molecule has 6 heteroatoms. The molecule has 3 N–H and O–H groups in total. The maximum atomic E-state index is 11.6. The van der Waals surface area contributed by atoms with Crippen LogP contribution >= 0.6 is 12.4 Å². The summed E-state index contributed by atoms with van der Waals surface area (Å²) in [6, 6.07) is -0.238. The van der Waals surface area contributed by atoms with Gasteiger partial charge in [0.05, 0.1) is 18.8 Å². The SMILES string of the molecule is Cl.O=C(NCCOCC1CC1)C1CC(O)CN1. The average molecular weight is 265 g/mol. The molecule has 17 heavy (non-hydrogen) atoms. The predicted molar refractivity (Wildman–Crippen MR) is 66.2 cm³/mol. The quantitative estimate of drug-likeness (QED) is 0.575. The second-order valence-corrected chi connectivity index (χ2v) is 4.66. The molecule has 0 radical (unpaired) electrons. The van der Waals surface area contributed by atoms with E-state index in [-0.39, 0.29) is 30.5 Å². The third kappa shape index (κ3) is 5.21. The highest BCUT2D eigenvalue weighted by atomic mass is 35.5. The largest absolute Gasteiger partial charge is 0.392 e. The minimum absolute atomic E-state index is 0. The normalized spacial score (nSPS) is 27.6. The lowest BCUT2D eigenvalue weighted by Crippen LogP contribution is -2.41. The monoisotopic (exact) mass is 264 g/mol. The molecule has 1 saturated heterocycles. The average Bonchev–Trinajstić information content (AvgIpc) is 2.99. The molecule has 0 bridgehead atoms. The molecular weight excluding hydrogens is 244 g/mol. The van der Waals surface area contributed by atoms with Gasteiger partial charge in [-0.15, -0.1) is 12.4 Å². The van der Waals surface area contributed by atoms with Crippen molar-refractivity contribution in [2.75, 3.05) is 26.3 Å². The molecule has 1 saturated carbocycles. The van der Waals surface area contributed by atoms with Gasteiger partial charge in [0.1, 0.15) is 0 Å². The van der Waals surface area contributed by atoms with E-state index in [0.717, 1.165) is 12.5 Å². The molecule has 1 heterocycles. The Bertz CT molecular complexity index is 249. The van der Waals surface area contributed by atoms with Gasteiger partial charge >= 0.3 is 0 Å². The van der Waals surface area contributed by atoms with Crippen molar-refractivity contribution in [1.82, 2.24) is 10.6 Å². The molecule has 2 fully saturated rings. The zero-order chi connectivity index (χ0) is 11.4. The summed E-state index contributed by atoms with van der Waals surface area (Å²) in [5, 5.41) is 15.0. The summed E-state index contributed by atoms with van der Waals surface area (Å²) in [4.78, 5) is 11.6. The van der Waals surface area contributed by atoms with E-state index in [1.165, 1.54) is 12.8 Å². The minimum atomic E-state index is -0.387. The van der Waals surface area contributed by atoms with Crippen molar-refractivity contribution in [1.29, 1.82) is 0 Å². The van der Waals surface area contributed by atoms with Gasteiger partial charge in [-0.2, -0.15) is 0 Å². The van der Waals surface area contributed by atoms with Gasteiger partial charge in [0.25, 0.3) is 0 Å². The van der Waals surface area contributed by atoms with E-state index in [1.807, 2.05) is 0 Å². The molecule has 5 nitrogen and oxygen atoms in total. The Morgan fingerprint density at radius 3 is 2.82 bits per heavy atom. The van der Waals surface area contributed by atoms with Crippen LogP contribution in [0.4, 0.5) is 0 Å². The number of ether oxygens (including phenoxy) is 1. The van der Waals surface area contributed by atoms with Crippen LogP contribution < -0.4 is 10.6 Å². The van der Waals surface area contributed by atoms with E-state index in [0.29, 0.717) is 26.1 Å². The number of hydrogen-bond donors (Lipinski definition) is 3. The third-order valence-electron chi connectivity index (χ3n) is 3.02. The summed E-state index contributed by atoms with van der Waals surface area (Å²) in [5.41, 5.74) is 0. The number of aliphatic hydroxyl groups is 1. The predicted octanol–water partition coefficient (Wildman–Crippen LogP) is -0.326. The van der Waals surface area contributed by atoms with Crippen molar-refractivity contribution in [3.05, 3.63) is 0 Å². The van der Waals surface area contributed by atoms with Gasteiger partial charge in [-0.1, -0.05) is 0 Å². The van der Waals surface area contributed by atoms with Crippen LogP contribution in [0.15, 0.2) is 0 Å². The first-order chi connectivity index (χ1) is 7.75. The maximum absolute atomic E-state index is 11.6. The summed E-state index contributed by atoms with van der Waals surface area (Å²) >= 11 is 0. The van der Waals surface area contributed by atoms with Crippen LogP contribution in [0.5, 0.6) is 0 Å². The van der Waals surface area contributed by atoms with Crippen molar-refractivity contribution in [3.8, 4) is 0 Å². The first kappa shape index (κ1) is 14.7. The topological polar surface area (TPSA) is 70.6 Å². The van der Waals surface area contributed by atoms with Crippen LogP contribution in [-0.4, -0.2) is 49.5 Å². The van der Waals surface area contributed by atoms with Crippen LogP contribution in [0.1, 0.15) is 19.3 Å². The van der Waals surface area contributed by atoms with Gasteiger partial charge < -0.3 is 20.5 Å². The Balaban J connectivity index is 0.00000144. The van der Waals surface area contributed by atoms with Gasteiger partial charge in [0, 0.05) is 19.7 Å². The zero-order valence-electron chi connectivity index (χ0n) is 9.85. The van der Waals surface area contributed by atoms with Gasteiger partial charge in [-0.25, -0.2) is 0 Å². The summed E-state index contributed by atoms with van der Waals surface area (Å²) in [5.74, 6) is 0.730. The number of hydrogen-bond acceptors (Lipinski definition) is 4. The molecule has 2 unspecified atom stereocenters. The Hall–Kier alpha value is -0.360. The molecule has 1 amide bonds. The Morgan fingerprint density at radius 1 is 1.47 bits per heavy atom. The number of halogens is 1. The number of carbonyl (C=O) groups is 1. The molecule has 1 aliphatic heterocycles. The molecule has 1 aliphatic carbocycles. The lowest BCUT2D eigenvalue weighted by atomic mass is 10.2. The van der Waals surface area contributed by atoms with Crippen molar-refractivity contribution >= 4 is 18.3 Å². The lowest BCUT2D eigenvalue weighted by Gasteiger charge is -2.10. The lowest BCUT2D eigenvalue weighted by molar-refractivity contribution is -0.123. The van der Waals surface area contributed by atoms with Crippen molar-refractivity contribution in [2.45, 2.75) is 31.4 Å². The highest BCUT2D eigenvalue weighted by molar-refractivity contribution is 5.85. The van der Waals surface area contributed by atoms with Crippen LogP contribution in [0.25, 0.3) is 0 Å². The van der Waals surface area contributed by atoms with Crippen LogP contribution in [0, 0.1) is 5.92 Å². The molecular formula is C11H21ClN2O3. The fourth-order valence-corrected chi connectivity index (χ4v) is 1.82. The summed E-state index contributed by atoms with van der Waals surface area (Å²) < 4.78 is 5.41. The highest BCUT2D eigenvalue weighted by Gasteiger charge is 2.27. The fourth-order valence-electron chi connectivity index (χ4n) is 1.82. The Morgan fingerprint density at radius 2 is 2.24 bits per heavy atom. The van der Waals surface area contributed by atoms with Gasteiger partial charge in [0.2, 0.25) is 5.91 Å². The maximum Gasteiger partial charge on any atom is 0.237 e. The van der Waals surface area contributed by atoms with E-state index in [4.69, 9.17) is 4.74 Å². The summed E-state index contributed by atoms with van der Waals surface area (Å²) in [7, 11) is 0. The van der Waals surface area contributed by atoms with E-state index in [2.05, 4.69) is 10.6 Å². The van der Waals surface area contributed by atoms with Gasteiger partial charge in [0.15, 0.2) is 0 Å². The number of aliphatic hydroxyl groups excluding tert-OH is 1. The molecule has 100 valence electrons. The third-order valence-corrected chi connectivity index (χ3v) is 3.02. The molecule has 0 spiro atoms. The number of carbonyl (C=O) groups excluding carboxylic acids is 1. The van der Waals surface area contributed by atoms with Gasteiger partial charge in [-0.05, 0) is 25.2 Å². The van der Waals surface area contributed by atoms with E-state index in [1.54, 1.807) is 0 Å². The fraction of sp³-hybridized carbons (Fsp3) is 0.909. The zero-order valence-corrected chi connectivity index (χ0v) is 10.7. The Kier molecular flexibility index (Phi) is 6.19. The minimum Gasteiger partial charge on any atom is -0.392 e. The molecule has 2 rings (SSSR count). The van der Waals surface area contributed by atoms with Crippen LogP contribution in [0.2, 0.25) is 0 Å². The molecule has 0 aromatic heterocycles. The standard InChI is InChI=1S/C11H20N2O3.ClH/c14-9-5-10(13-6-9)11(15)12-3-4-16-7-8-1-2-8;/h8-10,13-14H,1-7H2,(H,12,15);1H. The van der Waals surface area contributed by atoms with Crippen molar-refractivity contribution in [2.24, 2.45) is 5.92 Å². The number of rotatable bonds is 6. The van der Waals surface area contributed by atoms with Crippen molar-refractivity contribution < 1.29 is 14.6 Å². The van der Waals surface area contributed by atoms with E-state index >= 15 is 0 Å². The smallest absolute Gasteiger partial charge is 0.237 e. The Labute approximate surface area is 108 Å². The van der Waals surface area contributed by atoms with E-state index < -0.39 is 0 Å². The first-order valence-corrected chi connectivity index (χ1v) is 6.02. The number of nitrogens with one attached hydrogen (secondary N) is 2. The number of β-amino-alcohol motifs (C(OH)–C–C–N with tert-alkyl or cyclic N) is 1. The molecule has 0 aromatic carbocycles. The van der Waals surface area contributed by atoms with Crippen LogP contribution in [0.3, 0.4) is 0 Å². The summed E-state index contributed by atoms with van der Waals surface area (Å²) in [6.45, 7) is 2.48. The molecule has 2 atom stereocenters.